The molecule has 2 atom stereocenters. The summed E-state index contributed by atoms with van der Waals surface area (Å²) in [7, 11) is -1.04. The van der Waals surface area contributed by atoms with Crippen molar-refractivity contribution in [1.82, 2.24) is 4.90 Å². The molecule has 2 N–H and O–H groups in total. The Hall–Kier alpha value is -0.420. The highest BCUT2D eigenvalue weighted by Gasteiger charge is 2.21. The Balaban J connectivity index is 2.41. The van der Waals surface area contributed by atoms with Gasteiger partial charge in [-0.1, -0.05) is 0 Å². The van der Waals surface area contributed by atoms with Crippen molar-refractivity contribution in [2.24, 2.45) is 5.73 Å². The first kappa shape index (κ1) is 10.7. The molecule has 0 aromatic heterocycles. The average Bonchev–Trinajstić information content (AvgIpc) is 2.03. The maximum atomic E-state index is 11.4. The van der Waals surface area contributed by atoms with Gasteiger partial charge in [-0.05, 0) is 12.8 Å². The van der Waals surface area contributed by atoms with E-state index in [1.807, 2.05) is 0 Å². The van der Waals surface area contributed by atoms with Crippen molar-refractivity contribution < 1.29 is 9.00 Å². The van der Waals surface area contributed by atoms with Crippen LogP contribution in [0.4, 0.5) is 0 Å². The van der Waals surface area contributed by atoms with Crippen LogP contribution in [0.1, 0.15) is 12.8 Å². The molecule has 0 aromatic carbocycles. The summed E-state index contributed by atoms with van der Waals surface area (Å²) in [6.07, 6.45) is 3.49. The molecule has 5 heteroatoms. The Bertz CT molecular complexity index is 220. The van der Waals surface area contributed by atoms with Crippen LogP contribution in [0.2, 0.25) is 0 Å². The van der Waals surface area contributed by atoms with Crippen LogP contribution in [0.25, 0.3) is 0 Å². The van der Waals surface area contributed by atoms with Gasteiger partial charge in [0.1, 0.15) is 5.75 Å². The van der Waals surface area contributed by atoms with Crippen LogP contribution in [0.5, 0.6) is 0 Å². The van der Waals surface area contributed by atoms with E-state index in [-0.39, 0.29) is 17.7 Å². The molecule has 0 spiro atoms. The number of carbonyl (C=O) groups excluding carboxylic acids is 1. The van der Waals surface area contributed by atoms with Gasteiger partial charge in [0, 0.05) is 36.2 Å². The lowest BCUT2D eigenvalue weighted by atomic mass is 10.1. The Morgan fingerprint density at radius 2 is 2.38 bits per heavy atom. The van der Waals surface area contributed by atoms with Crippen molar-refractivity contribution in [2.75, 3.05) is 25.1 Å². The minimum Gasteiger partial charge on any atom is -0.340 e. The zero-order valence-corrected chi connectivity index (χ0v) is 8.68. The summed E-state index contributed by atoms with van der Waals surface area (Å²) in [6, 6.07) is 0.1000. The predicted octanol–water partition coefficient (Wildman–Crippen LogP) is -0.685. The molecule has 1 aliphatic rings. The van der Waals surface area contributed by atoms with E-state index >= 15 is 0 Å². The van der Waals surface area contributed by atoms with Crippen LogP contribution in [0, 0.1) is 0 Å². The van der Waals surface area contributed by atoms with Crippen LogP contribution < -0.4 is 5.73 Å². The molecule has 1 fully saturated rings. The topological polar surface area (TPSA) is 63.4 Å². The quantitative estimate of drug-likeness (QED) is 0.648. The summed E-state index contributed by atoms with van der Waals surface area (Å²) in [5.41, 5.74) is 5.72. The van der Waals surface area contributed by atoms with Crippen molar-refractivity contribution in [3.05, 3.63) is 0 Å². The number of rotatable bonds is 2. The molecule has 0 bridgehead atoms. The van der Waals surface area contributed by atoms with Crippen LogP contribution in [-0.4, -0.2) is 46.2 Å². The number of hydrogen-bond donors (Lipinski definition) is 1. The van der Waals surface area contributed by atoms with Gasteiger partial charge in [0.15, 0.2) is 0 Å². The molecule has 0 radical (unpaired) electrons. The van der Waals surface area contributed by atoms with Gasteiger partial charge in [0.25, 0.3) is 0 Å². The highest BCUT2D eigenvalue weighted by Crippen LogP contribution is 2.08. The molecule has 2 unspecified atom stereocenters. The van der Waals surface area contributed by atoms with Gasteiger partial charge in [-0.2, -0.15) is 0 Å². The number of piperidine rings is 1. The van der Waals surface area contributed by atoms with Gasteiger partial charge >= 0.3 is 0 Å². The molecule has 1 amide bonds. The van der Waals surface area contributed by atoms with E-state index in [9.17, 15) is 9.00 Å². The summed E-state index contributed by atoms with van der Waals surface area (Å²) in [4.78, 5) is 13.1. The van der Waals surface area contributed by atoms with Gasteiger partial charge in [0.2, 0.25) is 5.91 Å². The molecule has 13 heavy (non-hydrogen) atoms. The van der Waals surface area contributed by atoms with Gasteiger partial charge in [-0.15, -0.1) is 0 Å². The minimum absolute atomic E-state index is 0.0315. The van der Waals surface area contributed by atoms with E-state index < -0.39 is 10.8 Å². The number of likely N-dealkylation sites (tertiary alicyclic amines) is 1. The van der Waals surface area contributed by atoms with Crippen molar-refractivity contribution >= 4 is 16.7 Å². The van der Waals surface area contributed by atoms with Gasteiger partial charge in [-0.25, -0.2) is 0 Å². The third-order valence-electron chi connectivity index (χ3n) is 2.14. The molecule has 76 valence electrons. The van der Waals surface area contributed by atoms with Crippen LogP contribution >= 0.6 is 0 Å². The second kappa shape index (κ2) is 4.72. The molecule has 0 aliphatic carbocycles. The van der Waals surface area contributed by atoms with Crippen molar-refractivity contribution in [1.29, 1.82) is 0 Å². The third-order valence-corrected chi connectivity index (χ3v) is 2.79. The number of carbonyl (C=O) groups is 1. The SMILES string of the molecule is CS(=O)CC(=O)N1CCCC(N)C1. The lowest BCUT2D eigenvalue weighted by molar-refractivity contribution is -0.129. The summed E-state index contributed by atoms with van der Waals surface area (Å²) < 4.78 is 10.8. The van der Waals surface area contributed by atoms with Crippen LogP contribution in [-0.2, 0) is 15.6 Å². The van der Waals surface area contributed by atoms with E-state index in [0.29, 0.717) is 6.54 Å². The Labute approximate surface area is 80.9 Å². The van der Waals surface area contributed by atoms with E-state index in [1.165, 1.54) is 0 Å². The standard InChI is InChI=1S/C8H16N2O2S/c1-13(12)6-8(11)10-4-2-3-7(9)5-10/h7H,2-6,9H2,1H3. The molecule has 4 nitrogen and oxygen atoms in total. The molecular formula is C8H16N2O2S. The Morgan fingerprint density at radius 1 is 1.69 bits per heavy atom. The fraction of sp³-hybridized carbons (Fsp3) is 0.875. The number of nitrogens with zero attached hydrogens (tertiary/aromatic N) is 1. The summed E-state index contributed by atoms with van der Waals surface area (Å²) >= 11 is 0. The maximum absolute atomic E-state index is 11.4. The first-order chi connectivity index (χ1) is 6.09. The van der Waals surface area contributed by atoms with Gasteiger partial charge in [0.05, 0.1) is 0 Å². The first-order valence-electron chi connectivity index (χ1n) is 4.43. The molecule has 1 heterocycles. The number of amides is 1. The smallest absolute Gasteiger partial charge is 0.235 e. The zero-order valence-electron chi connectivity index (χ0n) is 7.86. The van der Waals surface area contributed by atoms with Gasteiger partial charge < -0.3 is 10.6 Å². The maximum Gasteiger partial charge on any atom is 0.235 e. The molecule has 1 aliphatic heterocycles. The van der Waals surface area contributed by atoms with Crippen molar-refractivity contribution in [3.63, 3.8) is 0 Å². The number of hydrogen-bond acceptors (Lipinski definition) is 3. The summed E-state index contributed by atoms with van der Waals surface area (Å²) in [5.74, 6) is 0.100. The highest BCUT2D eigenvalue weighted by atomic mass is 32.2. The first-order valence-corrected chi connectivity index (χ1v) is 6.15. The van der Waals surface area contributed by atoms with E-state index in [4.69, 9.17) is 5.73 Å². The molecule has 0 aromatic rings. The van der Waals surface area contributed by atoms with E-state index in [0.717, 1.165) is 19.4 Å². The largest absolute Gasteiger partial charge is 0.340 e. The monoisotopic (exact) mass is 204 g/mol. The van der Waals surface area contributed by atoms with Crippen molar-refractivity contribution in [2.45, 2.75) is 18.9 Å². The van der Waals surface area contributed by atoms with Crippen LogP contribution in [0.3, 0.4) is 0 Å². The van der Waals surface area contributed by atoms with Gasteiger partial charge in [-0.3, -0.25) is 9.00 Å². The lowest BCUT2D eigenvalue weighted by Gasteiger charge is -2.30. The predicted molar refractivity (Wildman–Crippen MR) is 52.7 cm³/mol. The van der Waals surface area contributed by atoms with E-state index in [1.54, 1.807) is 11.2 Å². The molecular weight excluding hydrogens is 188 g/mol. The van der Waals surface area contributed by atoms with Crippen molar-refractivity contribution in [3.8, 4) is 0 Å². The Kier molecular flexibility index (Phi) is 3.87. The minimum atomic E-state index is -1.04. The highest BCUT2D eigenvalue weighted by molar-refractivity contribution is 7.85. The second-order valence-corrected chi connectivity index (χ2v) is 4.89. The zero-order chi connectivity index (χ0) is 9.84. The lowest BCUT2D eigenvalue weighted by Crippen LogP contribution is -2.47. The third kappa shape index (κ3) is 3.44. The molecule has 1 saturated heterocycles. The molecule has 0 saturated carbocycles. The summed E-state index contributed by atoms with van der Waals surface area (Å²) in [5, 5.41) is 0. The fourth-order valence-electron chi connectivity index (χ4n) is 1.50. The number of nitrogens with two attached hydrogens (primary N) is 1. The normalized spacial score (nSPS) is 25.7. The second-order valence-electron chi connectivity index (χ2n) is 3.46. The van der Waals surface area contributed by atoms with E-state index in [2.05, 4.69) is 0 Å². The Morgan fingerprint density at radius 3 is 2.92 bits per heavy atom. The fourth-order valence-corrected chi connectivity index (χ4v) is 2.03. The average molecular weight is 204 g/mol. The summed E-state index contributed by atoms with van der Waals surface area (Å²) in [6.45, 7) is 1.39. The molecule has 1 rings (SSSR count). The van der Waals surface area contributed by atoms with Crippen LogP contribution in [0.15, 0.2) is 0 Å².